The third-order valence-corrected chi connectivity index (χ3v) is 5.95. The van der Waals surface area contributed by atoms with Crippen molar-refractivity contribution in [2.45, 2.75) is 70.6 Å². The molecule has 0 radical (unpaired) electrons. The molecule has 0 aliphatic carbocycles. The molecule has 1 aliphatic rings. The van der Waals surface area contributed by atoms with Crippen molar-refractivity contribution in [1.29, 1.82) is 0 Å². The second-order valence-corrected chi connectivity index (χ2v) is 7.80. The molecule has 1 fully saturated rings. The maximum absolute atomic E-state index is 3.46. The van der Waals surface area contributed by atoms with Crippen molar-refractivity contribution in [2.75, 3.05) is 13.1 Å². The van der Waals surface area contributed by atoms with Gasteiger partial charge in [0.15, 0.2) is 0 Å². The van der Waals surface area contributed by atoms with Crippen LogP contribution in [0.15, 0.2) is 48.5 Å². The molecule has 0 unspecified atom stereocenters. The second-order valence-electron chi connectivity index (χ2n) is 7.80. The Labute approximate surface area is 160 Å². The van der Waals surface area contributed by atoms with E-state index in [1.807, 2.05) is 0 Å². The van der Waals surface area contributed by atoms with Gasteiger partial charge in [0.2, 0.25) is 0 Å². The van der Waals surface area contributed by atoms with Gasteiger partial charge in [-0.3, -0.25) is 0 Å². The van der Waals surface area contributed by atoms with Crippen LogP contribution in [0.4, 0.5) is 0 Å². The fourth-order valence-corrected chi connectivity index (χ4v) is 4.26. The van der Waals surface area contributed by atoms with Crippen LogP contribution in [0.1, 0.15) is 73.6 Å². The largest absolute Gasteiger partial charge is 0.317 e. The maximum Gasteiger partial charge on any atom is -0.00431 e. The van der Waals surface area contributed by atoms with Crippen molar-refractivity contribution < 1.29 is 0 Å². The van der Waals surface area contributed by atoms with Crippen LogP contribution in [-0.2, 0) is 19.3 Å². The summed E-state index contributed by atoms with van der Waals surface area (Å²) in [5, 5.41) is 3.46. The first-order chi connectivity index (χ1) is 12.9. The molecule has 1 heterocycles. The molecule has 0 spiro atoms. The van der Waals surface area contributed by atoms with Crippen molar-refractivity contribution in [3.8, 4) is 0 Å². The molecule has 0 saturated carbocycles. The second kappa shape index (κ2) is 10.5. The molecule has 0 aromatic heterocycles. The predicted molar refractivity (Wildman–Crippen MR) is 113 cm³/mol. The highest BCUT2D eigenvalue weighted by Gasteiger charge is 2.14. The lowest BCUT2D eigenvalue weighted by Gasteiger charge is -2.23. The van der Waals surface area contributed by atoms with Crippen molar-refractivity contribution >= 4 is 0 Å². The summed E-state index contributed by atoms with van der Waals surface area (Å²) in [6, 6.07) is 18.4. The SMILES string of the molecule is CCc1ccccc1CCCCCCc1ccc(C2CCNCC2)cc1. The molecule has 1 N–H and O–H groups in total. The highest BCUT2D eigenvalue weighted by molar-refractivity contribution is 5.27. The normalized spacial score (nSPS) is 15.3. The number of nitrogens with one attached hydrogen (secondary N) is 1. The molecule has 0 amide bonds. The van der Waals surface area contributed by atoms with E-state index in [2.05, 4.69) is 60.8 Å². The summed E-state index contributed by atoms with van der Waals surface area (Å²) in [5.74, 6) is 0.774. The first kappa shape index (κ1) is 19.2. The molecule has 140 valence electrons. The monoisotopic (exact) mass is 349 g/mol. The predicted octanol–water partition coefficient (Wildman–Crippen LogP) is 6.06. The molecule has 1 saturated heterocycles. The van der Waals surface area contributed by atoms with Crippen LogP contribution in [0.3, 0.4) is 0 Å². The lowest BCUT2D eigenvalue weighted by atomic mass is 9.89. The molecule has 0 atom stereocenters. The van der Waals surface area contributed by atoms with E-state index in [-0.39, 0.29) is 0 Å². The van der Waals surface area contributed by atoms with Gasteiger partial charge in [-0.15, -0.1) is 0 Å². The van der Waals surface area contributed by atoms with Crippen molar-refractivity contribution in [1.82, 2.24) is 5.32 Å². The van der Waals surface area contributed by atoms with Crippen LogP contribution in [0.2, 0.25) is 0 Å². The maximum atomic E-state index is 3.46. The highest BCUT2D eigenvalue weighted by Crippen LogP contribution is 2.25. The Morgan fingerprint density at radius 2 is 1.42 bits per heavy atom. The van der Waals surface area contributed by atoms with Gasteiger partial charge in [-0.25, -0.2) is 0 Å². The minimum atomic E-state index is 0.774. The average Bonchev–Trinajstić information content (AvgIpc) is 2.72. The van der Waals surface area contributed by atoms with Gasteiger partial charge in [-0.05, 0) is 86.2 Å². The molecule has 0 bridgehead atoms. The van der Waals surface area contributed by atoms with E-state index in [1.165, 1.54) is 75.6 Å². The minimum absolute atomic E-state index is 0.774. The lowest BCUT2D eigenvalue weighted by molar-refractivity contribution is 0.460. The summed E-state index contributed by atoms with van der Waals surface area (Å²) in [5.41, 5.74) is 6.15. The van der Waals surface area contributed by atoms with Gasteiger partial charge in [0.1, 0.15) is 0 Å². The summed E-state index contributed by atoms with van der Waals surface area (Å²) in [4.78, 5) is 0. The molecule has 1 aliphatic heterocycles. The zero-order valence-corrected chi connectivity index (χ0v) is 16.5. The van der Waals surface area contributed by atoms with Crippen LogP contribution in [0.5, 0.6) is 0 Å². The van der Waals surface area contributed by atoms with E-state index in [0.29, 0.717) is 0 Å². The van der Waals surface area contributed by atoms with E-state index in [4.69, 9.17) is 0 Å². The van der Waals surface area contributed by atoms with Gasteiger partial charge < -0.3 is 5.32 Å². The van der Waals surface area contributed by atoms with E-state index < -0.39 is 0 Å². The fourth-order valence-electron chi connectivity index (χ4n) is 4.26. The van der Waals surface area contributed by atoms with Gasteiger partial charge in [-0.1, -0.05) is 68.3 Å². The Kier molecular flexibility index (Phi) is 7.76. The van der Waals surface area contributed by atoms with Crippen LogP contribution < -0.4 is 5.32 Å². The molecular weight excluding hydrogens is 314 g/mol. The van der Waals surface area contributed by atoms with E-state index >= 15 is 0 Å². The molecule has 2 aromatic carbocycles. The number of hydrogen-bond acceptors (Lipinski definition) is 1. The van der Waals surface area contributed by atoms with Crippen molar-refractivity contribution in [3.05, 3.63) is 70.8 Å². The topological polar surface area (TPSA) is 12.0 Å². The molecule has 3 rings (SSSR count). The van der Waals surface area contributed by atoms with Crippen molar-refractivity contribution in [3.63, 3.8) is 0 Å². The van der Waals surface area contributed by atoms with E-state index in [1.54, 1.807) is 11.1 Å². The molecule has 1 heteroatoms. The quantitative estimate of drug-likeness (QED) is 0.542. The smallest absolute Gasteiger partial charge is 0.00431 e. The fraction of sp³-hybridized carbons (Fsp3) is 0.520. The number of hydrogen-bond donors (Lipinski definition) is 1. The summed E-state index contributed by atoms with van der Waals surface area (Å²) in [6.07, 6.45) is 11.6. The van der Waals surface area contributed by atoms with Gasteiger partial charge in [0, 0.05) is 0 Å². The van der Waals surface area contributed by atoms with Crippen LogP contribution in [0.25, 0.3) is 0 Å². The summed E-state index contributed by atoms with van der Waals surface area (Å²) >= 11 is 0. The summed E-state index contributed by atoms with van der Waals surface area (Å²) in [6.45, 7) is 4.61. The van der Waals surface area contributed by atoms with Gasteiger partial charge in [0.25, 0.3) is 0 Å². The van der Waals surface area contributed by atoms with Gasteiger partial charge in [0.05, 0.1) is 0 Å². The Morgan fingerprint density at radius 1 is 0.769 bits per heavy atom. The number of benzene rings is 2. The third kappa shape index (κ3) is 5.71. The molecular formula is C25H35N. The zero-order chi connectivity index (χ0) is 18.0. The number of unbranched alkanes of at least 4 members (excludes halogenated alkanes) is 3. The van der Waals surface area contributed by atoms with Crippen LogP contribution in [0, 0.1) is 0 Å². The zero-order valence-electron chi connectivity index (χ0n) is 16.5. The highest BCUT2D eigenvalue weighted by atomic mass is 14.9. The first-order valence-electron chi connectivity index (χ1n) is 10.7. The number of piperidine rings is 1. The molecule has 2 aromatic rings. The first-order valence-corrected chi connectivity index (χ1v) is 10.7. The average molecular weight is 350 g/mol. The lowest BCUT2D eigenvalue weighted by Crippen LogP contribution is -2.26. The Hall–Kier alpha value is -1.60. The molecule has 26 heavy (non-hydrogen) atoms. The minimum Gasteiger partial charge on any atom is -0.317 e. The number of aryl methyl sites for hydroxylation is 3. The standard InChI is InChI=1S/C25H35N/c1-2-22-10-7-8-12-23(22)11-6-4-3-5-9-21-13-15-24(16-14-21)25-17-19-26-20-18-25/h7-8,10,12-16,25-26H,2-6,9,11,17-20H2,1H3. The van der Waals surface area contributed by atoms with Crippen LogP contribution in [-0.4, -0.2) is 13.1 Å². The summed E-state index contributed by atoms with van der Waals surface area (Å²) in [7, 11) is 0. The third-order valence-electron chi connectivity index (χ3n) is 5.95. The Morgan fingerprint density at radius 3 is 2.12 bits per heavy atom. The van der Waals surface area contributed by atoms with Gasteiger partial charge >= 0.3 is 0 Å². The summed E-state index contributed by atoms with van der Waals surface area (Å²) < 4.78 is 0. The molecule has 1 nitrogen and oxygen atoms in total. The van der Waals surface area contributed by atoms with Crippen LogP contribution >= 0.6 is 0 Å². The Bertz CT molecular complexity index is 637. The van der Waals surface area contributed by atoms with E-state index in [0.717, 1.165) is 12.3 Å². The van der Waals surface area contributed by atoms with E-state index in [9.17, 15) is 0 Å². The number of rotatable bonds is 9. The van der Waals surface area contributed by atoms with Gasteiger partial charge in [-0.2, -0.15) is 0 Å². The Balaban J connectivity index is 1.33. The van der Waals surface area contributed by atoms with Crippen molar-refractivity contribution in [2.24, 2.45) is 0 Å².